The molecule has 0 fully saturated rings. The van der Waals surface area contributed by atoms with Crippen LogP contribution in [0.15, 0.2) is 59.4 Å². The van der Waals surface area contributed by atoms with Gasteiger partial charge in [-0.25, -0.2) is 4.68 Å². The Kier molecular flexibility index (Phi) is 4.79. The van der Waals surface area contributed by atoms with Crippen LogP contribution in [0.3, 0.4) is 0 Å². The molecule has 132 valence electrons. The van der Waals surface area contributed by atoms with Gasteiger partial charge in [-0.3, -0.25) is 14.4 Å². The van der Waals surface area contributed by atoms with E-state index in [2.05, 4.69) is 10.4 Å². The average molecular weight is 350 g/mol. The second-order valence-corrected chi connectivity index (χ2v) is 5.92. The van der Waals surface area contributed by atoms with Crippen LogP contribution in [-0.2, 0) is 11.3 Å². The minimum atomic E-state index is -0.756. The molecule has 0 spiro atoms. The van der Waals surface area contributed by atoms with E-state index in [1.807, 2.05) is 37.3 Å². The van der Waals surface area contributed by atoms with Gasteiger partial charge in [-0.1, -0.05) is 48.5 Å². The number of carbonyl (C=O) groups excluding carboxylic acids is 2. The zero-order valence-corrected chi connectivity index (χ0v) is 14.2. The van der Waals surface area contributed by atoms with Gasteiger partial charge >= 0.3 is 0 Å². The number of nitrogens with two attached hydrogens (primary N) is 1. The predicted octanol–water partition coefficient (Wildman–Crippen LogP) is 1.37. The summed E-state index contributed by atoms with van der Waals surface area (Å²) >= 11 is 0. The molecule has 0 aliphatic rings. The number of carbonyl (C=O) groups is 2. The lowest BCUT2D eigenvalue weighted by Gasteiger charge is -2.15. The third-order valence-corrected chi connectivity index (χ3v) is 4.07. The molecule has 1 atom stereocenters. The summed E-state index contributed by atoms with van der Waals surface area (Å²) in [7, 11) is 0. The molecule has 0 saturated heterocycles. The van der Waals surface area contributed by atoms with Crippen molar-refractivity contribution in [2.75, 3.05) is 0 Å². The fourth-order valence-electron chi connectivity index (χ4n) is 2.77. The van der Waals surface area contributed by atoms with Crippen molar-refractivity contribution in [3.8, 4) is 0 Å². The normalized spacial score (nSPS) is 11.9. The lowest BCUT2D eigenvalue weighted by atomic mass is 10.1. The molecule has 26 heavy (non-hydrogen) atoms. The number of nitrogens with one attached hydrogen (secondary N) is 1. The van der Waals surface area contributed by atoms with Gasteiger partial charge in [0, 0.05) is 5.39 Å². The van der Waals surface area contributed by atoms with Crippen LogP contribution < -0.4 is 16.6 Å². The Bertz CT molecular complexity index is 1030. The van der Waals surface area contributed by atoms with E-state index in [4.69, 9.17) is 5.73 Å². The summed E-state index contributed by atoms with van der Waals surface area (Å²) in [5, 5.41) is 7.47. The van der Waals surface area contributed by atoms with E-state index < -0.39 is 11.5 Å². The number of primary amides is 1. The molecule has 3 rings (SSSR count). The van der Waals surface area contributed by atoms with Crippen molar-refractivity contribution in [2.24, 2.45) is 5.73 Å². The van der Waals surface area contributed by atoms with Gasteiger partial charge < -0.3 is 11.1 Å². The average Bonchev–Trinajstić information content (AvgIpc) is 2.64. The zero-order valence-electron chi connectivity index (χ0n) is 14.2. The number of amides is 2. The van der Waals surface area contributed by atoms with Crippen molar-refractivity contribution in [3.05, 3.63) is 76.2 Å². The maximum Gasteiger partial charge on any atom is 0.275 e. The molecule has 7 nitrogen and oxygen atoms in total. The lowest BCUT2D eigenvalue weighted by molar-refractivity contribution is -0.122. The molecule has 7 heteroatoms. The Balaban J connectivity index is 1.89. The number of fused-ring (bicyclic) bond motifs is 1. The van der Waals surface area contributed by atoms with Crippen LogP contribution in [0, 0.1) is 0 Å². The number of hydrogen-bond donors (Lipinski definition) is 2. The van der Waals surface area contributed by atoms with E-state index in [9.17, 15) is 14.4 Å². The maximum atomic E-state index is 12.6. The Hall–Kier alpha value is -3.48. The molecule has 3 N–H and O–H groups in total. The molecule has 0 saturated carbocycles. The summed E-state index contributed by atoms with van der Waals surface area (Å²) in [5.41, 5.74) is 5.82. The van der Waals surface area contributed by atoms with Crippen LogP contribution >= 0.6 is 0 Å². The minimum Gasteiger partial charge on any atom is -0.364 e. The number of hydrogen-bond acceptors (Lipinski definition) is 4. The molecule has 0 bridgehead atoms. The van der Waals surface area contributed by atoms with E-state index in [1.165, 1.54) is 0 Å². The summed E-state index contributed by atoms with van der Waals surface area (Å²) in [4.78, 5) is 36.6. The van der Waals surface area contributed by atoms with Gasteiger partial charge in [0.15, 0.2) is 5.69 Å². The molecule has 2 aromatic carbocycles. The van der Waals surface area contributed by atoms with Crippen molar-refractivity contribution in [1.82, 2.24) is 15.1 Å². The number of nitrogens with zero attached hydrogens (tertiary/aromatic N) is 2. The second-order valence-electron chi connectivity index (χ2n) is 5.92. The minimum absolute atomic E-state index is 0.0379. The summed E-state index contributed by atoms with van der Waals surface area (Å²) in [6, 6.07) is 15.8. The zero-order chi connectivity index (χ0) is 18.7. The highest BCUT2D eigenvalue weighted by Gasteiger charge is 2.17. The van der Waals surface area contributed by atoms with Crippen LogP contribution in [0.25, 0.3) is 10.8 Å². The van der Waals surface area contributed by atoms with Gasteiger partial charge in [0.2, 0.25) is 5.91 Å². The third-order valence-electron chi connectivity index (χ3n) is 4.07. The summed E-state index contributed by atoms with van der Waals surface area (Å²) in [6.07, 6.45) is 0. The van der Waals surface area contributed by atoms with Gasteiger partial charge in [0.1, 0.15) is 6.54 Å². The summed E-state index contributed by atoms with van der Waals surface area (Å²) < 4.78 is 0.968. The fraction of sp³-hybridized carbons (Fsp3) is 0.158. The number of aromatic nitrogens is 2. The molecule has 2 amide bonds. The summed E-state index contributed by atoms with van der Waals surface area (Å²) in [6.45, 7) is 1.54. The predicted molar refractivity (Wildman–Crippen MR) is 97.5 cm³/mol. The van der Waals surface area contributed by atoms with Gasteiger partial charge in [0.05, 0.1) is 11.4 Å². The standard InChI is InChI=1S/C19H18N4O3/c1-12(13-7-3-2-4-8-13)21-16(24)11-23-19(26)15-10-6-5-9-14(15)17(22-23)18(20)25/h2-10,12H,11H2,1H3,(H2,20,25)(H,21,24)/t12-/m0/s1. The molecular weight excluding hydrogens is 332 g/mol. The molecule has 1 heterocycles. The van der Waals surface area contributed by atoms with Crippen molar-refractivity contribution in [1.29, 1.82) is 0 Å². The molecule has 1 aromatic heterocycles. The SMILES string of the molecule is C[C@H](NC(=O)Cn1nc(C(N)=O)c2ccccc2c1=O)c1ccccc1. The molecule has 0 aliphatic carbocycles. The van der Waals surface area contributed by atoms with Gasteiger partial charge in [0.25, 0.3) is 11.5 Å². The smallest absolute Gasteiger partial charge is 0.275 e. The van der Waals surface area contributed by atoms with Crippen LogP contribution in [0.4, 0.5) is 0 Å². The van der Waals surface area contributed by atoms with Crippen LogP contribution in [0.5, 0.6) is 0 Å². The maximum absolute atomic E-state index is 12.6. The highest BCUT2D eigenvalue weighted by Crippen LogP contribution is 2.13. The van der Waals surface area contributed by atoms with Gasteiger partial charge in [-0.15, -0.1) is 0 Å². The first-order valence-electron chi connectivity index (χ1n) is 8.11. The summed E-state index contributed by atoms with van der Waals surface area (Å²) in [5.74, 6) is -1.14. The van der Waals surface area contributed by atoms with E-state index in [0.29, 0.717) is 10.8 Å². The number of benzene rings is 2. The Morgan fingerprint density at radius 2 is 1.69 bits per heavy atom. The fourth-order valence-corrected chi connectivity index (χ4v) is 2.77. The molecule has 0 unspecified atom stereocenters. The Labute approximate surface area is 149 Å². The Morgan fingerprint density at radius 3 is 2.35 bits per heavy atom. The lowest BCUT2D eigenvalue weighted by Crippen LogP contribution is -2.36. The first-order chi connectivity index (χ1) is 12.5. The van der Waals surface area contributed by atoms with E-state index in [0.717, 1.165) is 10.2 Å². The van der Waals surface area contributed by atoms with Crippen LogP contribution in [-0.4, -0.2) is 21.6 Å². The number of rotatable bonds is 5. The van der Waals surface area contributed by atoms with Gasteiger partial charge in [-0.05, 0) is 18.6 Å². The molecule has 3 aromatic rings. The monoisotopic (exact) mass is 350 g/mol. The van der Waals surface area contributed by atoms with Crippen LogP contribution in [0.2, 0.25) is 0 Å². The third kappa shape index (κ3) is 3.46. The molecular formula is C19H18N4O3. The first-order valence-corrected chi connectivity index (χ1v) is 8.11. The Morgan fingerprint density at radius 1 is 1.08 bits per heavy atom. The largest absolute Gasteiger partial charge is 0.364 e. The van der Waals surface area contributed by atoms with E-state index in [1.54, 1.807) is 24.3 Å². The molecule has 0 aliphatic heterocycles. The van der Waals surface area contributed by atoms with Crippen molar-refractivity contribution < 1.29 is 9.59 Å². The second kappa shape index (κ2) is 7.18. The quantitative estimate of drug-likeness (QED) is 0.724. The van der Waals surface area contributed by atoms with E-state index >= 15 is 0 Å². The van der Waals surface area contributed by atoms with Crippen molar-refractivity contribution in [2.45, 2.75) is 19.5 Å². The highest BCUT2D eigenvalue weighted by atomic mass is 16.2. The highest BCUT2D eigenvalue weighted by molar-refractivity contribution is 6.04. The van der Waals surface area contributed by atoms with Crippen molar-refractivity contribution in [3.63, 3.8) is 0 Å². The first kappa shape index (κ1) is 17.3. The van der Waals surface area contributed by atoms with E-state index in [-0.39, 0.29) is 24.2 Å². The topological polar surface area (TPSA) is 107 Å². The van der Waals surface area contributed by atoms with Crippen molar-refractivity contribution >= 4 is 22.6 Å². The van der Waals surface area contributed by atoms with Gasteiger partial charge in [-0.2, -0.15) is 5.10 Å². The molecule has 0 radical (unpaired) electrons. The van der Waals surface area contributed by atoms with Crippen LogP contribution in [0.1, 0.15) is 29.0 Å².